The van der Waals surface area contributed by atoms with Gasteiger partial charge in [-0.3, -0.25) is 0 Å². The van der Waals surface area contributed by atoms with E-state index in [0.29, 0.717) is 19.5 Å². The maximum absolute atomic E-state index is 12.6. The zero-order valence-corrected chi connectivity index (χ0v) is 33.0. The molecule has 0 aliphatic heterocycles. The number of nitrogens with one attached hydrogen (secondary N) is 4. The van der Waals surface area contributed by atoms with Gasteiger partial charge in [0.25, 0.3) is 0 Å². The summed E-state index contributed by atoms with van der Waals surface area (Å²) in [5, 5.41) is 11.9. The molecule has 8 nitrogen and oxygen atoms in total. The summed E-state index contributed by atoms with van der Waals surface area (Å²) in [6.45, 7) is 9.57. The minimum Gasteiger partial charge on any atom is -0.337 e. The van der Waals surface area contributed by atoms with E-state index in [-0.39, 0.29) is 12.1 Å². The number of amides is 4. The first-order valence-corrected chi connectivity index (χ1v) is 20.5. The van der Waals surface area contributed by atoms with Gasteiger partial charge < -0.3 is 31.1 Å². The second-order valence-electron chi connectivity index (χ2n) is 14.6. The number of unbranched alkanes of at least 4 members (excludes halogenated alkanes) is 16. The Balaban J connectivity index is 1.60. The summed E-state index contributed by atoms with van der Waals surface area (Å²) < 4.78 is 0. The molecule has 8 heteroatoms. The normalized spacial score (nSPS) is 11.3. The number of carbonyl (C=O) groups excluding carboxylic acids is 2. The lowest BCUT2D eigenvalue weighted by Gasteiger charge is -2.17. The summed E-state index contributed by atoms with van der Waals surface area (Å²) in [5.74, 6) is 0. The summed E-state index contributed by atoms with van der Waals surface area (Å²) in [7, 11) is 4.26. The minimum atomic E-state index is -0.185. The van der Waals surface area contributed by atoms with E-state index >= 15 is 0 Å². The van der Waals surface area contributed by atoms with E-state index in [2.05, 4.69) is 71.1 Å². The molecule has 0 fully saturated rings. The highest BCUT2D eigenvalue weighted by molar-refractivity contribution is 5.90. The van der Waals surface area contributed by atoms with Crippen molar-refractivity contribution in [2.45, 2.75) is 136 Å². The van der Waals surface area contributed by atoms with Crippen LogP contribution in [0.25, 0.3) is 0 Å². The Hall–Kier alpha value is -3.10. The highest BCUT2D eigenvalue weighted by Gasteiger charge is 2.07. The van der Waals surface area contributed by atoms with Crippen LogP contribution in [-0.4, -0.2) is 75.2 Å². The lowest BCUT2D eigenvalue weighted by molar-refractivity contribution is 0.248. The first kappa shape index (κ1) is 44.1. The number of rotatable bonds is 30. The Morgan fingerprint density at radius 2 is 0.843 bits per heavy atom. The molecule has 0 spiro atoms. The third kappa shape index (κ3) is 23.9. The fourth-order valence-corrected chi connectivity index (χ4v) is 6.43. The molecule has 0 aliphatic carbocycles. The number of benzene rings is 2. The highest BCUT2D eigenvalue weighted by Crippen LogP contribution is 2.18. The van der Waals surface area contributed by atoms with Crippen LogP contribution >= 0.6 is 0 Å². The quantitative estimate of drug-likeness (QED) is 0.0609. The summed E-state index contributed by atoms with van der Waals surface area (Å²) in [5.41, 5.74) is 3.71. The molecule has 0 atom stereocenters. The number of nitrogens with zero attached hydrogens (tertiary/aromatic N) is 2. The van der Waals surface area contributed by atoms with Gasteiger partial charge in [-0.25, -0.2) is 9.59 Å². The van der Waals surface area contributed by atoms with Crippen LogP contribution in [0, 0.1) is 0 Å². The van der Waals surface area contributed by atoms with Crippen molar-refractivity contribution in [1.82, 2.24) is 20.4 Å². The number of anilines is 2. The van der Waals surface area contributed by atoms with E-state index < -0.39 is 0 Å². The monoisotopic (exact) mass is 707 g/mol. The molecular weight excluding hydrogens is 633 g/mol. The van der Waals surface area contributed by atoms with Gasteiger partial charge in [-0.1, -0.05) is 141 Å². The van der Waals surface area contributed by atoms with E-state index in [9.17, 15) is 9.59 Å². The molecule has 51 heavy (non-hydrogen) atoms. The zero-order valence-electron chi connectivity index (χ0n) is 33.0. The Labute approximate surface area is 312 Å². The molecule has 0 aliphatic rings. The summed E-state index contributed by atoms with van der Waals surface area (Å²) in [6.07, 6.45) is 24.7. The van der Waals surface area contributed by atoms with Gasteiger partial charge in [0.1, 0.15) is 0 Å². The van der Waals surface area contributed by atoms with Crippen LogP contribution in [-0.2, 0) is 6.42 Å². The molecule has 0 aromatic heterocycles. The van der Waals surface area contributed by atoms with Crippen molar-refractivity contribution in [3.63, 3.8) is 0 Å². The third-order valence-electron chi connectivity index (χ3n) is 9.62. The molecule has 4 amide bonds. The van der Waals surface area contributed by atoms with Crippen molar-refractivity contribution < 1.29 is 9.59 Å². The van der Waals surface area contributed by atoms with Crippen LogP contribution in [0.4, 0.5) is 21.0 Å². The molecule has 4 N–H and O–H groups in total. The Morgan fingerprint density at radius 3 is 1.22 bits per heavy atom. The molecule has 0 radical (unpaired) electrons. The van der Waals surface area contributed by atoms with Gasteiger partial charge in [0.15, 0.2) is 0 Å². The number of carbonyl (C=O) groups is 2. The van der Waals surface area contributed by atoms with Crippen molar-refractivity contribution >= 4 is 23.4 Å². The van der Waals surface area contributed by atoms with Gasteiger partial charge in [-0.05, 0) is 81.8 Å². The van der Waals surface area contributed by atoms with Crippen molar-refractivity contribution in [1.29, 1.82) is 0 Å². The fraction of sp³-hybridized carbons (Fsp3) is 0.674. The van der Waals surface area contributed by atoms with Crippen molar-refractivity contribution in [3.05, 3.63) is 59.7 Å². The summed E-state index contributed by atoms with van der Waals surface area (Å²) in [6, 6.07) is 15.5. The van der Waals surface area contributed by atoms with Gasteiger partial charge in [0.2, 0.25) is 0 Å². The van der Waals surface area contributed by atoms with Crippen LogP contribution in [0.2, 0.25) is 0 Å². The van der Waals surface area contributed by atoms with Crippen LogP contribution in [0.1, 0.15) is 141 Å². The lowest BCUT2D eigenvalue weighted by atomic mass is 10.0. The summed E-state index contributed by atoms with van der Waals surface area (Å²) >= 11 is 0. The average molecular weight is 707 g/mol. The molecule has 0 unspecified atom stereocenters. The van der Waals surface area contributed by atoms with Crippen LogP contribution in [0.3, 0.4) is 0 Å². The van der Waals surface area contributed by atoms with Gasteiger partial charge in [0, 0.05) is 37.6 Å². The smallest absolute Gasteiger partial charge is 0.319 e. The van der Waals surface area contributed by atoms with E-state index in [1.165, 1.54) is 116 Å². The largest absolute Gasteiger partial charge is 0.337 e. The molecule has 288 valence electrons. The predicted octanol–water partition coefficient (Wildman–Crippen LogP) is 10.4. The molecule has 2 aromatic carbocycles. The van der Waals surface area contributed by atoms with Gasteiger partial charge in [-0.15, -0.1) is 0 Å². The maximum atomic E-state index is 12.6. The van der Waals surface area contributed by atoms with Gasteiger partial charge >= 0.3 is 12.1 Å². The average Bonchev–Trinajstić information content (AvgIpc) is 3.10. The van der Waals surface area contributed by atoms with Gasteiger partial charge in [-0.2, -0.15) is 0 Å². The van der Waals surface area contributed by atoms with E-state index in [4.69, 9.17) is 0 Å². The fourth-order valence-electron chi connectivity index (χ4n) is 6.43. The molecule has 0 bridgehead atoms. The highest BCUT2D eigenvalue weighted by atomic mass is 16.2. The number of urea groups is 2. The molecule has 0 heterocycles. The zero-order chi connectivity index (χ0) is 36.8. The lowest BCUT2D eigenvalue weighted by Crippen LogP contribution is -2.35. The summed E-state index contributed by atoms with van der Waals surface area (Å²) in [4.78, 5) is 29.7. The SMILES string of the molecule is CCCCCCCCCCCN(C)CCNC(=O)Nc1cccc(Cc2cccc(NC(=O)NCCN(C)CCCCCCCCCCC)c2)c1. The Kier molecular flexibility index (Phi) is 25.5. The molecular formula is C43H74N6O2. The van der Waals surface area contributed by atoms with Crippen molar-refractivity contribution in [2.24, 2.45) is 0 Å². The molecule has 2 aromatic rings. The second kappa shape index (κ2) is 29.5. The van der Waals surface area contributed by atoms with Crippen LogP contribution in [0.5, 0.6) is 0 Å². The predicted molar refractivity (Wildman–Crippen MR) is 219 cm³/mol. The maximum Gasteiger partial charge on any atom is 0.319 e. The van der Waals surface area contributed by atoms with Crippen molar-refractivity contribution in [2.75, 3.05) is 64.0 Å². The minimum absolute atomic E-state index is 0.185. The standard InChI is InChI=1S/C43H74N6O2/c1-5-7-9-11-13-15-17-19-21-31-48(3)33-29-44-42(50)46-40-27-23-25-38(36-40)35-39-26-24-28-41(37-39)47-43(51)45-30-34-49(4)32-22-20-18-16-14-12-10-8-6-2/h23-28,36-37H,5-22,29-35H2,1-4H3,(H2,44,46,50)(H2,45,47,51). The van der Waals surface area contributed by atoms with Gasteiger partial charge in [0.05, 0.1) is 0 Å². The topological polar surface area (TPSA) is 88.7 Å². The molecule has 0 saturated heterocycles. The Morgan fingerprint density at radius 1 is 0.490 bits per heavy atom. The van der Waals surface area contributed by atoms with Crippen LogP contribution in [0.15, 0.2) is 48.5 Å². The second-order valence-corrected chi connectivity index (χ2v) is 14.6. The first-order chi connectivity index (χ1) is 24.9. The first-order valence-electron chi connectivity index (χ1n) is 20.5. The number of hydrogen-bond acceptors (Lipinski definition) is 4. The van der Waals surface area contributed by atoms with E-state index in [1.54, 1.807) is 0 Å². The Bertz CT molecular complexity index is 1090. The number of hydrogen-bond donors (Lipinski definition) is 4. The van der Waals surface area contributed by atoms with Crippen LogP contribution < -0.4 is 21.3 Å². The third-order valence-corrected chi connectivity index (χ3v) is 9.62. The molecule has 2 rings (SSSR count). The molecule has 0 saturated carbocycles. The van der Waals surface area contributed by atoms with E-state index in [1.807, 2.05) is 36.4 Å². The van der Waals surface area contributed by atoms with Crippen molar-refractivity contribution in [3.8, 4) is 0 Å². The number of likely N-dealkylation sites (N-methyl/N-ethyl adjacent to an activating group) is 2. The van der Waals surface area contributed by atoms with E-state index in [0.717, 1.165) is 48.7 Å².